The second-order valence-corrected chi connectivity index (χ2v) is 5.23. The lowest BCUT2D eigenvalue weighted by atomic mass is 9.98. The number of carboxylic acids is 1. The van der Waals surface area contributed by atoms with Crippen molar-refractivity contribution in [2.24, 2.45) is 0 Å². The number of aromatic nitrogens is 1. The topological polar surface area (TPSA) is 62.2 Å². The Kier molecular flexibility index (Phi) is 4.98. The number of anilines is 1. The molecule has 0 aliphatic carbocycles. The smallest absolute Gasteiger partial charge is 0.419 e. The third kappa shape index (κ3) is 4.77. The molecule has 0 bridgehead atoms. The van der Waals surface area contributed by atoms with Gasteiger partial charge in [-0.3, -0.25) is 0 Å². The van der Waals surface area contributed by atoms with Crippen LogP contribution in [-0.2, 0) is 6.18 Å². The van der Waals surface area contributed by atoms with Gasteiger partial charge in [-0.2, -0.15) is 13.2 Å². The van der Waals surface area contributed by atoms with Gasteiger partial charge in [-0.05, 0) is 38.8 Å². The highest BCUT2D eigenvalue weighted by molar-refractivity contribution is 5.86. The van der Waals surface area contributed by atoms with Crippen LogP contribution in [0.5, 0.6) is 0 Å². The number of pyridine rings is 1. The molecular formula is C14H17F3N2O2. The molecule has 0 atom stereocenters. The Morgan fingerprint density at radius 2 is 2.05 bits per heavy atom. The van der Waals surface area contributed by atoms with Crippen molar-refractivity contribution in [2.45, 2.75) is 38.4 Å². The highest BCUT2D eigenvalue weighted by Gasteiger charge is 2.36. The molecule has 0 unspecified atom stereocenters. The summed E-state index contributed by atoms with van der Waals surface area (Å²) >= 11 is 0. The normalized spacial score (nSPS) is 12.0. The number of rotatable bonds is 6. The number of hydrogen-bond donors (Lipinski definition) is 2. The molecule has 1 aromatic rings. The fourth-order valence-corrected chi connectivity index (χ4v) is 1.75. The minimum absolute atomic E-state index is 0.440. The first-order chi connectivity index (χ1) is 9.57. The summed E-state index contributed by atoms with van der Waals surface area (Å²) < 4.78 is 38.9. The maximum absolute atomic E-state index is 13.0. The van der Waals surface area contributed by atoms with Crippen molar-refractivity contribution in [1.82, 2.24) is 4.98 Å². The van der Waals surface area contributed by atoms with Crippen LogP contribution in [0.1, 0.15) is 42.7 Å². The number of carboxylic acid groups (broad SMARTS) is 1. The summed E-state index contributed by atoms with van der Waals surface area (Å²) in [4.78, 5) is 14.4. The SMILES string of the molecule is C=CCCC(C)(C)Nc1nc(C(=O)O)ccc1C(F)(F)F. The van der Waals surface area contributed by atoms with Crippen molar-refractivity contribution in [1.29, 1.82) is 0 Å². The van der Waals surface area contributed by atoms with E-state index >= 15 is 0 Å². The predicted octanol–water partition coefficient (Wildman–Crippen LogP) is 3.96. The molecule has 0 aromatic carbocycles. The van der Waals surface area contributed by atoms with Crippen LogP contribution in [0.15, 0.2) is 24.8 Å². The van der Waals surface area contributed by atoms with Crippen LogP contribution in [0.4, 0.5) is 19.0 Å². The van der Waals surface area contributed by atoms with Gasteiger partial charge in [0.05, 0.1) is 5.56 Å². The number of nitrogens with zero attached hydrogens (tertiary/aromatic N) is 1. The van der Waals surface area contributed by atoms with Crippen molar-refractivity contribution in [3.63, 3.8) is 0 Å². The standard InChI is InChI=1S/C14H17F3N2O2/c1-4-5-8-13(2,3)19-11-9(14(15,16)17)6-7-10(18-11)12(20)21/h4,6-7H,1,5,8H2,2-3H3,(H,18,19)(H,20,21). The zero-order chi connectivity index (χ0) is 16.3. The van der Waals surface area contributed by atoms with Crippen molar-refractivity contribution in [3.05, 3.63) is 36.0 Å². The number of allylic oxidation sites excluding steroid dienone is 1. The Morgan fingerprint density at radius 1 is 1.43 bits per heavy atom. The largest absolute Gasteiger partial charge is 0.477 e. The average molecular weight is 302 g/mol. The van der Waals surface area contributed by atoms with Crippen molar-refractivity contribution in [3.8, 4) is 0 Å². The molecular weight excluding hydrogens is 285 g/mol. The molecule has 4 nitrogen and oxygen atoms in total. The van der Waals surface area contributed by atoms with Crippen LogP contribution in [0.25, 0.3) is 0 Å². The van der Waals surface area contributed by atoms with Gasteiger partial charge in [-0.25, -0.2) is 9.78 Å². The van der Waals surface area contributed by atoms with Gasteiger partial charge < -0.3 is 10.4 Å². The number of nitrogens with one attached hydrogen (secondary N) is 1. The van der Waals surface area contributed by atoms with E-state index < -0.39 is 34.8 Å². The van der Waals surface area contributed by atoms with E-state index in [1.165, 1.54) is 0 Å². The van der Waals surface area contributed by atoms with Crippen molar-refractivity contribution >= 4 is 11.8 Å². The first-order valence-electron chi connectivity index (χ1n) is 6.27. The van der Waals surface area contributed by atoms with Gasteiger partial charge in [-0.1, -0.05) is 6.08 Å². The highest BCUT2D eigenvalue weighted by Crippen LogP contribution is 2.35. The third-order valence-electron chi connectivity index (χ3n) is 2.85. The number of hydrogen-bond acceptors (Lipinski definition) is 3. The van der Waals surface area contributed by atoms with E-state index in [0.717, 1.165) is 12.1 Å². The summed E-state index contributed by atoms with van der Waals surface area (Å²) in [6.07, 6.45) is -1.80. The number of carbonyl (C=O) groups is 1. The van der Waals surface area contributed by atoms with Crippen molar-refractivity contribution in [2.75, 3.05) is 5.32 Å². The van der Waals surface area contributed by atoms with Crippen LogP contribution in [0.2, 0.25) is 0 Å². The minimum Gasteiger partial charge on any atom is -0.477 e. The first kappa shape index (κ1) is 17.0. The fourth-order valence-electron chi connectivity index (χ4n) is 1.75. The van der Waals surface area contributed by atoms with Gasteiger partial charge in [-0.15, -0.1) is 6.58 Å². The lowest BCUT2D eigenvalue weighted by Gasteiger charge is -2.28. The molecule has 1 aromatic heterocycles. The lowest BCUT2D eigenvalue weighted by Crippen LogP contribution is -2.32. The van der Waals surface area contributed by atoms with E-state index in [2.05, 4.69) is 16.9 Å². The van der Waals surface area contributed by atoms with E-state index in [1.54, 1.807) is 19.9 Å². The Morgan fingerprint density at radius 3 is 2.52 bits per heavy atom. The molecule has 21 heavy (non-hydrogen) atoms. The Labute approximate surface area is 120 Å². The summed E-state index contributed by atoms with van der Waals surface area (Å²) in [7, 11) is 0. The molecule has 1 rings (SSSR count). The van der Waals surface area contributed by atoms with Crippen LogP contribution < -0.4 is 5.32 Å². The van der Waals surface area contributed by atoms with E-state index in [0.29, 0.717) is 12.8 Å². The van der Waals surface area contributed by atoms with Crippen LogP contribution in [0.3, 0.4) is 0 Å². The second kappa shape index (κ2) is 6.15. The number of alkyl halides is 3. The summed E-state index contributed by atoms with van der Waals surface area (Å²) in [6.45, 7) is 6.99. The zero-order valence-electron chi connectivity index (χ0n) is 11.8. The van der Waals surface area contributed by atoms with Gasteiger partial charge in [0, 0.05) is 5.54 Å². The molecule has 0 spiro atoms. The lowest BCUT2D eigenvalue weighted by molar-refractivity contribution is -0.137. The van der Waals surface area contributed by atoms with E-state index in [-0.39, 0.29) is 0 Å². The summed E-state index contributed by atoms with van der Waals surface area (Å²) in [6, 6.07) is 1.56. The van der Waals surface area contributed by atoms with E-state index in [1.807, 2.05) is 0 Å². The van der Waals surface area contributed by atoms with E-state index in [9.17, 15) is 18.0 Å². The summed E-state index contributed by atoms with van der Waals surface area (Å²) in [5.74, 6) is -1.85. The average Bonchev–Trinajstić information content (AvgIpc) is 2.34. The summed E-state index contributed by atoms with van der Waals surface area (Å²) in [5.41, 5.74) is -2.11. The molecule has 0 radical (unpaired) electrons. The highest BCUT2D eigenvalue weighted by atomic mass is 19.4. The minimum atomic E-state index is -4.61. The van der Waals surface area contributed by atoms with E-state index in [4.69, 9.17) is 5.11 Å². The Hall–Kier alpha value is -2.05. The maximum atomic E-state index is 13.0. The molecule has 1 heterocycles. The molecule has 0 saturated heterocycles. The van der Waals surface area contributed by atoms with Gasteiger partial charge in [0.1, 0.15) is 5.82 Å². The van der Waals surface area contributed by atoms with Gasteiger partial charge in [0.2, 0.25) is 0 Å². The predicted molar refractivity (Wildman–Crippen MR) is 73.3 cm³/mol. The maximum Gasteiger partial charge on any atom is 0.419 e. The monoisotopic (exact) mass is 302 g/mol. The van der Waals surface area contributed by atoms with Gasteiger partial charge >= 0.3 is 12.1 Å². The molecule has 0 aliphatic heterocycles. The quantitative estimate of drug-likeness (QED) is 0.781. The van der Waals surface area contributed by atoms with Crippen LogP contribution in [-0.4, -0.2) is 21.6 Å². The number of halogens is 3. The molecule has 0 aliphatic rings. The van der Waals surface area contributed by atoms with Gasteiger partial charge in [0.15, 0.2) is 5.69 Å². The van der Waals surface area contributed by atoms with Crippen LogP contribution in [0, 0.1) is 0 Å². The third-order valence-corrected chi connectivity index (χ3v) is 2.85. The molecule has 116 valence electrons. The molecule has 0 saturated carbocycles. The second-order valence-electron chi connectivity index (χ2n) is 5.23. The van der Waals surface area contributed by atoms with Crippen LogP contribution >= 0.6 is 0 Å². The first-order valence-corrected chi connectivity index (χ1v) is 6.27. The molecule has 0 amide bonds. The van der Waals surface area contributed by atoms with Gasteiger partial charge in [0.25, 0.3) is 0 Å². The number of aromatic carboxylic acids is 1. The molecule has 2 N–H and O–H groups in total. The molecule has 0 fully saturated rings. The van der Waals surface area contributed by atoms with Crippen molar-refractivity contribution < 1.29 is 23.1 Å². The Balaban J connectivity index is 3.20. The summed E-state index contributed by atoms with van der Waals surface area (Å²) in [5, 5.41) is 11.5. The Bertz CT molecular complexity index is 540. The zero-order valence-corrected chi connectivity index (χ0v) is 11.8. The molecule has 7 heteroatoms. The fraction of sp³-hybridized carbons (Fsp3) is 0.429.